The lowest BCUT2D eigenvalue weighted by atomic mass is 10.0. The Bertz CT molecular complexity index is 917. The SMILES string of the molecule is CCCCCCCCC/C=C\CCCCCCCC(=O)OC[C@H](COP(=O)(O)OCCN)OC(=O)CCCCCCCCCCCCCCCCCCCC. The summed E-state index contributed by atoms with van der Waals surface area (Å²) in [6.07, 6.45) is 43.8. The number of hydrogen-bond acceptors (Lipinski definition) is 8. The molecule has 0 rings (SSSR count). The standard InChI is InChI=1S/C45H88NO8P/c1-3-5-7-9-11-13-15-17-19-21-22-24-26-28-30-32-34-36-38-45(48)54-43(42-53-55(49,50)52-40-39-46)41-51-44(47)37-35-33-31-29-27-25-23-20-18-16-14-12-10-8-6-4-2/h20,23,43H,3-19,21-22,24-42,46H2,1-2H3,(H,49,50)/b23-20-/t43-/m1/s1. The van der Waals surface area contributed by atoms with E-state index in [0.717, 1.165) is 51.4 Å². The molecule has 0 heterocycles. The van der Waals surface area contributed by atoms with Gasteiger partial charge in [0.25, 0.3) is 0 Å². The highest BCUT2D eigenvalue weighted by Crippen LogP contribution is 2.43. The van der Waals surface area contributed by atoms with E-state index in [1.807, 2.05) is 0 Å². The topological polar surface area (TPSA) is 134 Å². The summed E-state index contributed by atoms with van der Waals surface area (Å²) in [6.45, 7) is 3.76. The van der Waals surface area contributed by atoms with Gasteiger partial charge in [-0.3, -0.25) is 18.6 Å². The lowest BCUT2D eigenvalue weighted by Gasteiger charge is -2.19. The number of unbranched alkanes of at least 4 members (excludes halogenated alkanes) is 29. The zero-order valence-electron chi connectivity index (χ0n) is 35.9. The van der Waals surface area contributed by atoms with Crippen molar-refractivity contribution >= 4 is 19.8 Å². The molecule has 10 heteroatoms. The summed E-state index contributed by atoms with van der Waals surface area (Å²) in [6, 6.07) is 0. The molecule has 0 saturated heterocycles. The first kappa shape index (κ1) is 53.8. The van der Waals surface area contributed by atoms with Crippen LogP contribution < -0.4 is 5.73 Å². The number of phosphoric acid groups is 1. The van der Waals surface area contributed by atoms with Crippen LogP contribution in [-0.4, -0.2) is 49.3 Å². The van der Waals surface area contributed by atoms with Crippen LogP contribution in [0.4, 0.5) is 0 Å². The molecule has 0 aliphatic rings. The Kier molecular flexibility index (Phi) is 41.4. The molecule has 9 nitrogen and oxygen atoms in total. The van der Waals surface area contributed by atoms with Crippen LogP contribution in [0.25, 0.3) is 0 Å². The lowest BCUT2D eigenvalue weighted by Crippen LogP contribution is -2.29. The van der Waals surface area contributed by atoms with Crippen LogP contribution >= 0.6 is 7.82 Å². The van der Waals surface area contributed by atoms with Crippen molar-refractivity contribution in [1.82, 2.24) is 0 Å². The van der Waals surface area contributed by atoms with E-state index in [0.29, 0.717) is 6.42 Å². The predicted octanol–water partition coefficient (Wildman–Crippen LogP) is 13.4. The van der Waals surface area contributed by atoms with E-state index in [1.165, 1.54) is 148 Å². The molecule has 2 atom stereocenters. The third-order valence-corrected chi connectivity index (χ3v) is 11.1. The van der Waals surface area contributed by atoms with Crippen molar-refractivity contribution in [3.63, 3.8) is 0 Å². The Hall–Kier alpha value is -1.25. The van der Waals surface area contributed by atoms with Gasteiger partial charge >= 0.3 is 19.8 Å². The highest BCUT2D eigenvalue weighted by atomic mass is 31.2. The number of ether oxygens (including phenoxy) is 2. The van der Waals surface area contributed by atoms with Crippen LogP contribution in [0.15, 0.2) is 12.2 Å². The fraction of sp³-hybridized carbons (Fsp3) is 0.911. The zero-order chi connectivity index (χ0) is 40.3. The molecule has 55 heavy (non-hydrogen) atoms. The number of hydrogen-bond donors (Lipinski definition) is 2. The first-order valence-corrected chi connectivity index (χ1v) is 24.7. The maximum atomic E-state index is 12.6. The number of esters is 2. The fourth-order valence-electron chi connectivity index (χ4n) is 6.69. The summed E-state index contributed by atoms with van der Waals surface area (Å²) in [5.74, 6) is -0.825. The summed E-state index contributed by atoms with van der Waals surface area (Å²) < 4.78 is 32.8. The Morgan fingerprint density at radius 3 is 1.29 bits per heavy atom. The molecule has 0 saturated carbocycles. The summed E-state index contributed by atoms with van der Waals surface area (Å²) in [4.78, 5) is 34.9. The molecule has 0 aliphatic carbocycles. The van der Waals surface area contributed by atoms with E-state index in [9.17, 15) is 19.0 Å². The van der Waals surface area contributed by atoms with E-state index in [2.05, 4.69) is 26.0 Å². The molecule has 326 valence electrons. The van der Waals surface area contributed by atoms with Crippen molar-refractivity contribution < 1.29 is 37.6 Å². The zero-order valence-corrected chi connectivity index (χ0v) is 36.8. The smallest absolute Gasteiger partial charge is 0.462 e. The molecule has 0 aromatic heterocycles. The number of phosphoric ester groups is 1. The summed E-state index contributed by atoms with van der Waals surface area (Å²) in [5, 5.41) is 0. The number of carbonyl (C=O) groups excluding carboxylic acids is 2. The second-order valence-electron chi connectivity index (χ2n) is 15.6. The van der Waals surface area contributed by atoms with Gasteiger partial charge in [-0.15, -0.1) is 0 Å². The second-order valence-corrected chi connectivity index (χ2v) is 17.1. The Labute approximate surface area is 339 Å². The average Bonchev–Trinajstić information content (AvgIpc) is 3.17. The van der Waals surface area contributed by atoms with Gasteiger partial charge in [0.2, 0.25) is 0 Å². The van der Waals surface area contributed by atoms with Gasteiger partial charge in [-0.05, 0) is 38.5 Å². The van der Waals surface area contributed by atoms with Gasteiger partial charge in [-0.25, -0.2) is 4.57 Å². The maximum Gasteiger partial charge on any atom is 0.472 e. The molecule has 0 bridgehead atoms. The minimum atomic E-state index is -4.37. The summed E-state index contributed by atoms with van der Waals surface area (Å²) >= 11 is 0. The van der Waals surface area contributed by atoms with Crippen LogP contribution in [-0.2, 0) is 32.7 Å². The molecule has 0 aliphatic heterocycles. The van der Waals surface area contributed by atoms with Gasteiger partial charge in [0, 0.05) is 19.4 Å². The minimum Gasteiger partial charge on any atom is -0.462 e. The number of carbonyl (C=O) groups is 2. The summed E-state index contributed by atoms with van der Waals surface area (Å²) in [7, 11) is -4.37. The number of nitrogens with two attached hydrogens (primary N) is 1. The van der Waals surface area contributed by atoms with E-state index in [4.69, 9.17) is 24.3 Å². The molecular formula is C45H88NO8P. The van der Waals surface area contributed by atoms with E-state index >= 15 is 0 Å². The van der Waals surface area contributed by atoms with Crippen molar-refractivity contribution in [1.29, 1.82) is 0 Å². The second kappa shape index (κ2) is 42.4. The molecule has 0 aromatic carbocycles. The van der Waals surface area contributed by atoms with Crippen LogP contribution in [0.5, 0.6) is 0 Å². The third-order valence-electron chi connectivity index (χ3n) is 10.2. The molecule has 3 N–H and O–H groups in total. The van der Waals surface area contributed by atoms with Gasteiger partial charge in [0.05, 0.1) is 13.2 Å². The molecule has 0 radical (unpaired) electrons. The highest BCUT2D eigenvalue weighted by molar-refractivity contribution is 7.47. The molecule has 0 spiro atoms. The Balaban J connectivity index is 4.09. The van der Waals surface area contributed by atoms with Crippen molar-refractivity contribution in [3.8, 4) is 0 Å². The third kappa shape index (κ3) is 42.2. The maximum absolute atomic E-state index is 12.6. The normalized spacial score (nSPS) is 13.3. The van der Waals surface area contributed by atoms with Crippen LogP contribution in [0.1, 0.15) is 232 Å². The van der Waals surface area contributed by atoms with Gasteiger partial charge in [-0.1, -0.05) is 193 Å². The average molecular weight is 802 g/mol. The minimum absolute atomic E-state index is 0.0553. The first-order valence-electron chi connectivity index (χ1n) is 23.2. The van der Waals surface area contributed by atoms with E-state index in [1.54, 1.807) is 0 Å². The van der Waals surface area contributed by atoms with E-state index < -0.39 is 26.5 Å². The first-order chi connectivity index (χ1) is 26.8. The molecular weight excluding hydrogens is 713 g/mol. The number of rotatable bonds is 44. The van der Waals surface area contributed by atoms with Crippen LogP contribution in [0.3, 0.4) is 0 Å². The molecule has 0 fully saturated rings. The van der Waals surface area contributed by atoms with Crippen molar-refractivity contribution in [2.24, 2.45) is 5.73 Å². The Morgan fingerprint density at radius 1 is 0.527 bits per heavy atom. The number of allylic oxidation sites excluding steroid dienone is 2. The summed E-state index contributed by atoms with van der Waals surface area (Å²) in [5.41, 5.74) is 5.35. The quantitative estimate of drug-likeness (QED) is 0.0267. The van der Waals surface area contributed by atoms with Crippen LogP contribution in [0.2, 0.25) is 0 Å². The van der Waals surface area contributed by atoms with E-state index in [-0.39, 0.29) is 38.6 Å². The van der Waals surface area contributed by atoms with Gasteiger partial charge < -0.3 is 20.1 Å². The monoisotopic (exact) mass is 802 g/mol. The largest absolute Gasteiger partial charge is 0.472 e. The molecule has 0 aromatic rings. The molecule has 1 unspecified atom stereocenters. The van der Waals surface area contributed by atoms with Crippen molar-refractivity contribution in [2.75, 3.05) is 26.4 Å². The Morgan fingerprint density at radius 2 is 0.891 bits per heavy atom. The fourth-order valence-corrected chi connectivity index (χ4v) is 7.45. The highest BCUT2D eigenvalue weighted by Gasteiger charge is 2.26. The predicted molar refractivity (Wildman–Crippen MR) is 229 cm³/mol. The van der Waals surface area contributed by atoms with Crippen LogP contribution in [0, 0.1) is 0 Å². The lowest BCUT2D eigenvalue weighted by molar-refractivity contribution is -0.161. The van der Waals surface area contributed by atoms with Gasteiger partial charge in [0.1, 0.15) is 6.61 Å². The van der Waals surface area contributed by atoms with Crippen molar-refractivity contribution in [2.45, 2.75) is 238 Å². The van der Waals surface area contributed by atoms with Gasteiger partial charge in [-0.2, -0.15) is 0 Å². The van der Waals surface area contributed by atoms with Crippen molar-refractivity contribution in [3.05, 3.63) is 12.2 Å². The molecule has 0 amide bonds. The van der Waals surface area contributed by atoms with Gasteiger partial charge in [0.15, 0.2) is 6.10 Å².